The molecule has 1 saturated heterocycles. The fourth-order valence-electron chi connectivity index (χ4n) is 2.92. The Morgan fingerprint density at radius 1 is 1.32 bits per heavy atom. The molecule has 1 aliphatic rings. The maximum atomic E-state index is 13.8. The van der Waals surface area contributed by atoms with Crippen LogP contribution in [0.25, 0.3) is 0 Å². The van der Waals surface area contributed by atoms with Gasteiger partial charge < -0.3 is 15.5 Å². The molecule has 0 aromatic carbocycles. The van der Waals surface area contributed by atoms with Gasteiger partial charge >= 0.3 is 0 Å². The summed E-state index contributed by atoms with van der Waals surface area (Å²) in [7, 11) is 0. The number of aromatic nitrogens is 1. The third-order valence-corrected chi connectivity index (χ3v) is 4.24. The van der Waals surface area contributed by atoms with E-state index in [2.05, 4.69) is 15.6 Å². The Bertz CT molecular complexity index is 573. The van der Waals surface area contributed by atoms with E-state index in [0.717, 1.165) is 12.8 Å². The minimum Gasteiger partial charge on any atom is -0.345 e. The third kappa shape index (κ3) is 5.22. The predicted octanol–water partition coefficient (Wildman–Crippen LogP) is 1.77. The minimum atomic E-state index is -1.10. The Hall–Kier alpha value is -2.02. The Labute approximate surface area is 148 Å². The molecule has 7 heteroatoms. The summed E-state index contributed by atoms with van der Waals surface area (Å²) in [6.07, 6.45) is 2.65. The number of halogens is 1. The van der Waals surface area contributed by atoms with E-state index in [1.54, 1.807) is 11.0 Å². The van der Waals surface area contributed by atoms with Crippen LogP contribution >= 0.6 is 0 Å². The van der Waals surface area contributed by atoms with Crippen LogP contribution in [-0.4, -0.2) is 60.1 Å². The van der Waals surface area contributed by atoms with Crippen LogP contribution in [0, 0.1) is 0 Å². The van der Waals surface area contributed by atoms with Gasteiger partial charge in [0.1, 0.15) is 11.9 Å². The molecular weight excluding hydrogens is 323 g/mol. The van der Waals surface area contributed by atoms with Crippen molar-refractivity contribution in [1.29, 1.82) is 0 Å². The molecule has 1 aromatic heterocycles. The topological polar surface area (TPSA) is 74.3 Å². The number of amides is 2. The second-order valence-corrected chi connectivity index (χ2v) is 6.31. The van der Waals surface area contributed by atoms with Gasteiger partial charge in [-0.2, -0.15) is 0 Å². The number of carbonyl (C=O) groups excluding carboxylic acids is 2. The lowest BCUT2D eigenvalue weighted by Crippen LogP contribution is -2.51. The van der Waals surface area contributed by atoms with Crippen molar-refractivity contribution < 1.29 is 14.0 Å². The number of alkyl halides is 1. The number of nitrogens with one attached hydrogen (secondary N) is 2. The molecule has 0 unspecified atom stereocenters. The molecule has 0 spiro atoms. The molecule has 0 saturated carbocycles. The predicted molar refractivity (Wildman–Crippen MR) is 94.4 cm³/mol. The van der Waals surface area contributed by atoms with Gasteiger partial charge in [0, 0.05) is 25.8 Å². The lowest BCUT2D eigenvalue weighted by atomic mass is 10.0. The van der Waals surface area contributed by atoms with E-state index in [9.17, 15) is 14.0 Å². The molecule has 0 aliphatic carbocycles. The van der Waals surface area contributed by atoms with Crippen LogP contribution in [0.15, 0.2) is 18.3 Å². The smallest absolute Gasteiger partial charge is 0.270 e. The van der Waals surface area contributed by atoms with Crippen molar-refractivity contribution in [3.8, 4) is 0 Å². The van der Waals surface area contributed by atoms with E-state index in [1.165, 1.54) is 12.3 Å². The highest BCUT2D eigenvalue weighted by molar-refractivity contribution is 5.96. The van der Waals surface area contributed by atoms with E-state index in [0.29, 0.717) is 31.6 Å². The van der Waals surface area contributed by atoms with Crippen LogP contribution in [-0.2, 0) is 0 Å². The first-order valence-electron chi connectivity index (χ1n) is 8.97. The summed E-state index contributed by atoms with van der Waals surface area (Å²) in [5, 5.41) is 5.63. The van der Waals surface area contributed by atoms with Gasteiger partial charge in [0.05, 0.1) is 11.6 Å². The molecule has 0 radical (unpaired) electrons. The monoisotopic (exact) mass is 350 g/mol. The maximum absolute atomic E-state index is 13.8. The van der Waals surface area contributed by atoms with E-state index in [-0.39, 0.29) is 18.1 Å². The summed E-state index contributed by atoms with van der Waals surface area (Å²) < 4.78 is 13.8. The van der Waals surface area contributed by atoms with Crippen LogP contribution in [0.1, 0.15) is 54.0 Å². The highest BCUT2D eigenvalue weighted by atomic mass is 19.1. The molecule has 2 atom stereocenters. The van der Waals surface area contributed by atoms with Crippen LogP contribution in [0.3, 0.4) is 0 Å². The summed E-state index contributed by atoms with van der Waals surface area (Å²) in [4.78, 5) is 30.6. The van der Waals surface area contributed by atoms with E-state index in [4.69, 9.17) is 0 Å². The lowest BCUT2D eigenvalue weighted by Gasteiger charge is -2.27. The highest BCUT2D eigenvalue weighted by Gasteiger charge is 2.26. The van der Waals surface area contributed by atoms with Crippen molar-refractivity contribution in [2.75, 3.05) is 26.2 Å². The first-order chi connectivity index (χ1) is 12.1. The van der Waals surface area contributed by atoms with Crippen LogP contribution < -0.4 is 10.6 Å². The molecule has 1 aliphatic heterocycles. The normalized spacial score (nSPS) is 20.1. The Morgan fingerprint density at radius 3 is 2.60 bits per heavy atom. The molecule has 2 rings (SSSR count). The Balaban J connectivity index is 2.00. The average Bonchev–Trinajstić information content (AvgIpc) is 2.63. The van der Waals surface area contributed by atoms with E-state index in [1.807, 2.05) is 13.8 Å². The number of piperidine rings is 1. The standard InChI is InChI=1S/C18H27FN4O2/c1-3-9-23(10-4-2)18(25)13-5-6-16(21-11-13)17(24)22-15-7-8-20-12-14(15)19/h5-6,11,14-15,20H,3-4,7-10,12H2,1-2H3,(H,22,24)/t14-,15+/m0/s1. The lowest BCUT2D eigenvalue weighted by molar-refractivity contribution is 0.0754. The number of nitrogens with zero attached hydrogens (tertiary/aromatic N) is 2. The van der Waals surface area contributed by atoms with Crippen molar-refractivity contribution in [2.24, 2.45) is 0 Å². The number of pyridine rings is 1. The van der Waals surface area contributed by atoms with Gasteiger partial charge in [0.15, 0.2) is 0 Å². The molecule has 25 heavy (non-hydrogen) atoms. The average molecular weight is 350 g/mol. The van der Waals surface area contributed by atoms with Crippen molar-refractivity contribution in [1.82, 2.24) is 20.5 Å². The van der Waals surface area contributed by atoms with Crippen molar-refractivity contribution >= 4 is 11.8 Å². The number of hydrogen-bond acceptors (Lipinski definition) is 4. The first-order valence-corrected chi connectivity index (χ1v) is 8.97. The number of rotatable bonds is 7. The molecule has 6 nitrogen and oxygen atoms in total. The second-order valence-electron chi connectivity index (χ2n) is 6.31. The van der Waals surface area contributed by atoms with Crippen molar-refractivity contribution in [2.45, 2.75) is 45.3 Å². The minimum absolute atomic E-state index is 0.0784. The quantitative estimate of drug-likeness (QED) is 0.786. The van der Waals surface area contributed by atoms with E-state index < -0.39 is 18.1 Å². The van der Waals surface area contributed by atoms with Gasteiger partial charge in [-0.3, -0.25) is 14.6 Å². The molecule has 2 N–H and O–H groups in total. The molecule has 2 amide bonds. The fraction of sp³-hybridized carbons (Fsp3) is 0.611. The van der Waals surface area contributed by atoms with Crippen LogP contribution in [0.5, 0.6) is 0 Å². The molecule has 0 bridgehead atoms. The molecular formula is C18H27FN4O2. The molecule has 138 valence electrons. The third-order valence-electron chi connectivity index (χ3n) is 4.24. The SMILES string of the molecule is CCCN(CCC)C(=O)c1ccc(C(=O)N[C@@H]2CCNC[C@@H]2F)nc1. The largest absolute Gasteiger partial charge is 0.345 e. The van der Waals surface area contributed by atoms with Gasteiger partial charge in [0.25, 0.3) is 11.8 Å². The van der Waals surface area contributed by atoms with E-state index >= 15 is 0 Å². The summed E-state index contributed by atoms with van der Waals surface area (Å²) in [5.41, 5.74) is 0.656. The highest BCUT2D eigenvalue weighted by Crippen LogP contribution is 2.10. The summed E-state index contributed by atoms with van der Waals surface area (Å²) in [6, 6.07) is 2.63. The zero-order valence-electron chi connectivity index (χ0n) is 14.9. The van der Waals surface area contributed by atoms with Gasteiger partial charge in [0.2, 0.25) is 0 Å². The summed E-state index contributed by atoms with van der Waals surface area (Å²) >= 11 is 0. The summed E-state index contributed by atoms with van der Waals surface area (Å²) in [6.45, 7) is 6.37. The maximum Gasteiger partial charge on any atom is 0.270 e. The summed E-state index contributed by atoms with van der Waals surface area (Å²) in [5.74, 6) is -0.488. The van der Waals surface area contributed by atoms with Gasteiger partial charge in [-0.15, -0.1) is 0 Å². The van der Waals surface area contributed by atoms with Crippen molar-refractivity contribution in [3.05, 3.63) is 29.6 Å². The molecule has 2 heterocycles. The molecule has 1 fully saturated rings. The van der Waals surface area contributed by atoms with Gasteiger partial charge in [-0.05, 0) is 37.9 Å². The molecule has 1 aromatic rings. The van der Waals surface area contributed by atoms with Gasteiger partial charge in [-0.1, -0.05) is 13.8 Å². The number of carbonyl (C=O) groups is 2. The zero-order chi connectivity index (χ0) is 18.2. The van der Waals surface area contributed by atoms with Crippen LogP contribution in [0.4, 0.5) is 4.39 Å². The Kier molecular flexibility index (Phi) is 7.31. The van der Waals surface area contributed by atoms with Gasteiger partial charge in [-0.25, -0.2) is 4.39 Å². The van der Waals surface area contributed by atoms with Crippen LogP contribution in [0.2, 0.25) is 0 Å². The second kappa shape index (κ2) is 9.46. The fourth-order valence-corrected chi connectivity index (χ4v) is 2.92. The first kappa shape index (κ1) is 19.3. The number of hydrogen-bond donors (Lipinski definition) is 2. The Morgan fingerprint density at radius 2 is 2.04 bits per heavy atom. The van der Waals surface area contributed by atoms with Crippen molar-refractivity contribution in [3.63, 3.8) is 0 Å². The zero-order valence-corrected chi connectivity index (χ0v) is 14.9.